The third kappa shape index (κ3) is 2.62. The zero-order valence-corrected chi connectivity index (χ0v) is 3.72. The Labute approximate surface area is 44.5 Å². The second-order valence-electron chi connectivity index (χ2n) is 1.34. The maximum atomic E-state index is 5.09. The predicted octanol–water partition coefficient (Wildman–Crippen LogP) is -2.82. The molecule has 0 aromatic carbocycles. The second-order valence-corrected chi connectivity index (χ2v) is 1.34. The summed E-state index contributed by atoms with van der Waals surface area (Å²) in [7, 11) is 17.1. The van der Waals surface area contributed by atoms with Gasteiger partial charge in [0.05, 0.1) is 0 Å². The van der Waals surface area contributed by atoms with E-state index in [1.165, 1.54) is 0 Å². The lowest BCUT2D eigenvalue weighted by atomic mass is 8.81. The number of rotatable bonds is 1. The van der Waals surface area contributed by atoms with Crippen LogP contribution < -0.4 is 0 Å². The fraction of sp³-hybridized carbons (Fsp3) is 0. The Kier molecular flexibility index (Phi) is 2.71. The molecule has 0 spiro atoms. The maximum absolute atomic E-state index is 5.09. The molecule has 0 rings (SSSR count). The highest BCUT2D eigenvalue weighted by atomic mass is 12.8. The molecule has 0 aromatic heterocycles. The van der Waals surface area contributed by atoms with E-state index in [9.17, 15) is 0 Å². The van der Waals surface area contributed by atoms with Gasteiger partial charge in [-0.15, -0.1) is 0 Å². The standard InChI is InChI=1S/B6H2/c1-5(2)6(3)4/h1-2H. The van der Waals surface area contributed by atoms with Crippen LogP contribution in [0.5, 0.6) is 0 Å². The molecule has 0 N–H and O–H groups in total. The molecule has 0 nitrogen and oxygen atoms in total. The van der Waals surface area contributed by atoms with Crippen molar-refractivity contribution in [2.45, 2.75) is 0 Å². The van der Waals surface area contributed by atoms with Gasteiger partial charge < -0.3 is 0 Å². The average molecular weight is 66.9 g/mol. The molecule has 0 heterocycles. The van der Waals surface area contributed by atoms with E-state index in [4.69, 9.17) is 15.5 Å². The second kappa shape index (κ2) is 2.54. The van der Waals surface area contributed by atoms with Crippen molar-refractivity contribution < 1.29 is 0 Å². The van der Waals surface area contributed by atoms with Crippen molar-refractivity contribution in [1.29, 1.82) is 0 Å². The highest BCUT2D eigenvalue weighted by Gasteiger charge is 2.01. The lowest BCUT2D eigenvalue weighted by Gasteiger charge is -1.99. The summed E-state index contributed by atoms with van der Waals surface area (Å²) in [4.78, 5) is 0. The molecule has 20 valence electrons. The van der Waals surface area contributed by atoms with Crippen molar-refractivity contribution in [2.75, 3.05) is 0 Å². The van der Waals surface area contributed by atoms with Gasteiger partial charge in [0.1, 0.15) is 0 Å². The maximum Gasteiger partial charge on any atom is 0.0326 e. The summed E-state index contributed by atoms with van der Waals surface area (Å²) in [5, 5.41) is 0. The van der Waals surface area contributed by atoms with Gasteiger partial charge in [0.2, 0.25) is 0 Å². The Morgan fingerprint density at radius 1 is 1.17 bits per heavy atom. The van der Waals surface area contributed by atoms with Gasteiger partial charge >= 0.3 is 0 Å². The Morgan fingerprint density at radius 2 is 1.33 bits per heavy atom. The van der Waals surface area contributed by atoms with E-state index in [-0.39, 0.29) is 12.8 Å². The molecule has 0 aliphatic heterocycles. The molecule has 0 aromatic rings. The first-order chi connectivity index (χ1) is 2.64. The molecule has 0 amide bonds. The first-order valence-electron chi connectivity index (χ1n) is 1.82. The van der Waals surface area contributed by atoms with Gasteiger partial charge in [-0.05, 0) is 0 Å². The summed E-state index contributed by atoms with van der Waals surface area (Å²) in [5.74, 6) is 0. The molecular formula is H2B6. The normalized spacial score (nSPS) is 7.33. The van der Waals surface area contributed by atoms with Crippen LogP contribution in [0.2, 0.25) is 0 Å². The average Bonchev–Trinajstić information content (AvgIpc) is 1.36. The van der Waals surface area contributed by atoms with Gasteiger partial charge in [-0.1, -0.05) is 0 Å². The fourth-order valence-corrected chi connectivity index (χ4v) is 0. The Bertz CT molecular complexity index is 21.0. The van der Waals surface area contributed by atoms with Gasteiger partial charge in [-0.25, -0.2) is 0 Å². The molecule has 0 saturated carbocycles. The zero-order valence-electron chi connectivity index (χ0n) is 3.72. The van der Waals surface area contributed by atoms with Crippen LogP contribution in [-0.2, 0) is 0 Å². The third-order valence-corrected chi connectivity index (χ3v) is 0.544. The van der Waals surface area contributed by atoms with E-state index in [0.29, 0.717) is 0 Å². The molecule has 0 aliphatic carbocycles. The minimum atomic E-state index is -0.370. The zero-order chi connectivity index (χ0) is 5.15. The van der Waals surface area contributed by atoms with E-state index < -0.39 is 0 Å². The smallest absolute Gasteiger partial charge is 0.0000288 e. The highest BCUT2D eigenvalue weighted by Crippen LogP contribution is 1.62. The molecule has 0 atom stereocenters. The molecule has 6 heteroatoms. The Morgan fingerprint density at radius 3 is 1.33 bits per heavy atom. The molecule has 0 fully saturated rings. The van der Waals surface area contributed by atoms with E-state index in [0.717, 1.165) is 0 Å². The molecule has 6 radical (unpaired) electrons. The SMILES string of the molecule is [B]B([B])B([BH])[BH]. The van der Waals surface area contributed by atoms with E-state index in [2.05, 4.69) is 15.5 Å². The van der Waals surface area contributed by atoms with Gasteiger partial charge in [-0.2, -0.15) is 0 Å². The first kappa shape index (κ1) is 6.39. The summed E-state index contributed by atoms with van der Waals surface area (Å²) >= 11 is 0. The van der Waals surface area contributed by atoms with Crippen molar-refractivity contribution in [1.82, 2.24) is 0 Å². The minimum Gasteiger partial charge on any atom is 0.0000288 e. The van der Waals surface area contributed by atoms with Gasteiger partial charge in [-0.3, -0.25) is 0 Å². The third-order valence-electron chi connectivity index (χ3n) is 0.544. The minimum absolute atomic E-state index is 0.0926. The quantitative estimate of drug-likeness (QED) is 0.290. The molecule has 0 unspecified atom stereocenters. The van der Waals surface area contributed by atoms with Crippen LogP contribution in [0.3, 0.4) is 0 Å². The highest BCUT2D eigenvalue weighted by molar-refractivity contribution is 7.76. The summed E-state index contributed by atoms with van der Waals surface area (Å²) in [6, 6.07) is 0. The lowest BCUT2D eigenvalue weighted by Crippen LogP contribution is -2.38. The Balaban J connectivity index is 2.99. The van der Waals surface area contributed by atoms with E-state index in [1.54, 1.807) is 0 Å². The van der Waals surface area contributed by atoms with Crippen LogP contribution in [-0.4, -0.2) is 43.7 Å². The van der Waals surface area contributed by atoms with Crippen LogP contribution >= 0.6 is 0 Å². The van der Waals surface area contributed by atoms with Crippen molar-refractivity contribution in [2.24, 2.45) is 0 Å². The molecule has 0 bridgehead atoms. The van der Waals surface area contributed by atoms with Crippen molar-refractivity contribution in [3.8, 4) is 0 Å². The Hall–Kier alpha value is 0.390. The van der Waals surface area contributed by atoms with Crippen LogP contribution in [0, 0.1) is 0 Å². The topological polar surface area (TPSA) is 0 Å². The fourth-order valence-electron chi connectivity index (χ4n) is 0. The summed E-state index contributed by atoms with van der Waals surface area (Å²) < 4.78 is 0. The largest absolute Gasteiger partial charge is 0.0326 e. The monoisotopic (exact) mass is 68.1 g/mol. The summed E-state index contributed by atoms with van der Waals surface area (Å²) in [6.07, 6.45) is -0.463. The lowest BCUT2D eigenvalue weighted by molar-refractivity contribution is 3.76. The van der Waals surface area contributed by atoms with Gasteiger partial charge in [0.25, 0.3) is 0 Å². The number of hydrogen-bond donors (Lipinski definition) is 0. The number of hydrogen-bond acceptors (Lipinski definition) is 0. The van der Waals surface area contributed by atoms with Crippen LogP contribution in [0.1, 0.15) is 0 Å². The molecule has 0 saturated heterocycles. The molecular weight excluding hydrogens is 64.9 g/mol. The summed E-state index contributed by atoms with van der Waals surface area (Å²) in [5.41, 5.74) is 0. The van der Waals surface area contributed by atoms with E-state index >= 15 is 0 Å². The summed E-state index contributed by atoms with van der Waals surface area (Å²) in [6.45, 7) is 0. The van der Waals surface area contributed by atoms with Gasteiger partial charge in [0.15, 0.2) is 0 Å². The predicted molar refractivity (Wildman–Crippen MR) is 37.3 cm³/mol. The first-order valence-corrected chi connectivity index (χ1v) is 1.82. The van der Waals surface area contributed by atoms with Crippen molar-refractivity contribution in [3.63, 3.8) is 0 Å². The van der Waals surface area contributed by atoms with E-state index in [1.807, 2.05) is 0 Å². The van der Waals surface area contributed by atoms with Crippen molar-refractivity contribution in [3.05, 3.63) is 0 Å². The molecule has 0 aliphatic rings. The van der Waals surface area contributed by atoms with Crippen molar-refractivity contribution >= 4 is 43.7 Å². The van der Waals surface area contributed by atoms with Crippen LogP contribution in [0.4, 0.5) is 0 Å². The molecule has 6 heavy (non-hydrogen) atoms. The van der Waals surface area contributed by atoms with Gasteiger partial charge in [0, 0.05) is 43.7 Å². The van der Waals surface area contributed by atoms with Crippen LogP contribution in [0.25, 0.3) is 0 Å². The van der Waals surface area contributed by atoms with Crippen LogP contribution in [0.15, 0.2) is 0 Å².